The number of hydrogen-bond donors (Lipinski definition) is 0. The average Bonchev–Trinajstić information content (AvgIpc) is 2.46. The number of benzene rings is 1. The molecule has 2 fully saturated rings. The van der Waals surface area contributed by atoms with Gasteiger partial charge in [-0.2, -0.15) is 0 Å². The summed E-state index contributed by atoms with van der Waals surface area (Å²) in [5.74, 6) is 2.47. The van der Waals surface area contributed by atoms with E-state index in [9.17, 15) is 0 Å². The number of anilines is 1. The van der Waals surface area contributed by atoms with Crippen molar-refractivity contribution in [1.29, 1.82) is 0 Å². The molecule has 0 unspecified atom stereocenters. The molecule has 2 nitrogen and oxygen atoms in total. The van der Waals surface area contributed by atoms with Crippen molar-refractivity contribution in [2.75, 3.05) is 31.1 Å². The fourth-order valence-corrected chi connectivity index (χ4v) is 3.89. The zero-order chi connectivity index (χ0) is 15.7. The van der Waals surface area contributed by atoms with Crippen LogP contribution < -0.4 is 4.90 Å². The Balaban J connectivity index is 1.49. The Morgan fingerprint density at radius 1 is 0.864 bits per heavy atom. The van der Waals surface area contributed by atoms with Gasteiger partial charge in [0.25, 0.3) is 0 Å². The lowest BCUT2D eigenvalue weighted by Crippen LogP contribution is -2.54. The first-order chi connectivity index (χ1) is 10.5. The van der Waals surface area contributed by atoms with E-state index in [1.54, 1.807) is 0 Å². The van der Waals surface area contributed by atoms with Crippen LogP contribution in [0.5, 0.6) is 0 Å². The molecule has 0 amide bonds. The van der Waals surface area contributed by atoms with Gasteiger partial charge in [-0.25, -0.2) is 0 Å². The van der Waals surface area contributed by atoms with Crippen LogP contribution in [-0.4, -0.2) is 37.1 Å². The van der Waals surface area contributed by atoms with Gasteiger partial charge < -0.3 is 4.90 Å². The maximum absolute atomic E-state index is 2.73. The van der Waals surface area contributed by atoms with Crippen LogP contribution in [0.3, 0.4) is 0 Å². The van der Waals surface area contributed by atoms with Gasteiger partial charge in [-0.1, -0.05) is 39.8 Å². The molecule has 0 bridgehead atoms. The monoisotopic (exact) mass is 300 g/mol. The molecule has 0 atom stereocenters. The quantitative estimate of drug-likeness (QED) is 0.815. The number of rotatable bonds is 4. The fourth-order valence-electron chi connectivity index (χ4n) is 3.89. The van der Waals surface area contributed by atoms with Crippen LogP contribution in [0, 0.1) is 11.8 Å². The third-order valence-corrected chi connectivity index (χ3v) is 5.85. The van der Waals surface area contributed by atoms with Crippen LogP contribution in [0.1, 0.15) is 52.0 Å². The molecule has 122 valence electrons. The zero-order valence-corrected chi connectivity index (χ0v) is 14.8. The summed E-state index contributed by atoms with van der Waals surface area (Å²) in [6.07, 6.45) is 2.86. The molecule has 2 aliphatic rings. The Morgan fingerprint density at radius 3 is 1.95 bits per heavy atom. The molecule has 0 radical (unpaired) electrons. The Labute approximate surface area is 136 Å². The first-order valence-corrected chi connectivity index (χ1v) is 9.13. The van der Waals surface area contributed by atoms with E-state index >= 15 is 0 Å². The standard InChI is InChI=1S/C20H32N2/c1-15(2)17-5-7-19(8-6-17)21-9-11-22(12-10-21)20-13-18(14-20)16(3)4/h5-8,15-16,18,20H,9-14H2,1-4H3. The molecule has 1 saturated heterocycles. The van der Waals surface area contributed by atoms with Crippen LogP contribution >= 0.6 is 0 Å². The molecule has 1 heterocycles. The van der Waals surface area contributed by atoms with E-state index in [2.05, 4.69) is 61.8 Å². The SMILES string of the molecule is CC(C)c1ccc(N2CCN(C3CC(C(C)C)C3)CC2)cc1. The van der Waals surface area contributed by atoms with E-state index in [0.717, 1.165) is 17.9 Å². The lowest BCUT2D eigenvalue weighted by atomic mass is 9.73. The molecule has 2 heteroatoms. The predicted molar refractivity (Wildman–Crippen MR) is 95.7 cm³/mol. The second-order valence-corrected chi connectivity index (χ2v) is 7.90. The Morgan fingerprint density at radius 2 is 1.45 bits per heavy atom. The summed E-state index contributed by atoms with van der Waals surface area (Å²) in [6.45, 7) is 14.1. The fraction of sp³-hybridized carbons (Fsp3) is 0.700. The van der Waals surface area contributed by atoms with E-state index in [-0.39, 0.29) is 0 Å². The second kappa shape index (κ2) is 6.62. The highest BCUT2D eigenvalue weighted by atomic mass is 15.3. The summed E-state index contributed by atoms with van der Waals surface area (Å²) in [4.78, 5) is 5.29. The second-order valence-electron chi connectivity index (χ2n) is 7.90. The van der Waals surface area contributed by atoms with Crippen molar-refractivity contribution in [3.8, 4) is 0 Å². The summed E-state index contributed by atoms with van der Waals surface area (Å²) in [5, 5.41) is 0. The highest BCUT2D eigenvalue weighted by molar-refractivity contribution is 5.48. The maximum atomic E-state index is 2.73. The molecule has 3 rings (SSSR count). The van der Waals surface area contributed by atoms with Gasteiger partial charge in [0.1, 0.15) is 0 Å². The Bertz CT molecular complexity index is 463. The van der Waals surface area contributed by atoms with Gasteiger partial charge in [0, 0.05) is 37.9 Å². The summed E-state index contributed by atoms with van der Waals surface area (Å²) in [6, 6.07) is 10.1. The van der Waals surface area contributed by atoms with E-state index in [4.69, 9.17) is 0 Å². The van der Waals surface area contributed by atoms with Gasteiger partial charge in [-0.3, -0.25) is 4.90 Å². The number of nitrogens with zero attached hydrogens (tertiary/aromatic N) is 2. The minimum Gasteiger partial charge on any atom is -0.369 e. The zero-order valence-electron chi connectivity index (χ0n) is 14.8. The predicted octanol–water partition coefficient (Wildman–Crippen LogP) is 4.37. The van der Waals surface area contributed by atoms with Crippen molar-refractivity contribution in [3.05, 3.63) is 29.8 Å². The van der Waals surface area contributed by atoms with Crippen molar-refractivity contribution in [2.24, 2.45) is 11.8 Å². The Kier molecular flexibility index (Phi) is 4.77. The lowest BCUT2D eigenvalue weighted by Gasteiger charge is -2.48. The van der Waals surface area contributed by atoms with Gasteiger partial charge in [0.05, 0.1) is 0 Å². The third-order valence-electron chi connectivity index (χ3n) is 5.85. The highest BCUT2D eigenvalue weighted by Crippen LogP contribution is 2.37. The van der Waals surface area contributed by atoms with Crippen LogP contribution in [0.25, 0.3) is 0 Å². The Hall–Kier alpha value is -1.02. The molecule has 0 N–H and O–H groups in total. The molecule has 1 saturated carbocycles. The average molecular weight is 300 g/mol. The van der Waals surface area contributed by atoms with Gasteiger partial charge in [0.2, 0.25) is 0 Å². The summed E-state index contributed by atoms with van der Waals surface area (Å²) < 4.78 is 0. The van der Waals surface area contributed by atoms with Crippen molar-refractivity contribution in [1.82, 2.24) is 4.90 Å². The summed E-state index contributed by atoms with van der Waals surface area (Å²) >= 11 is 0. The molecule has 1 aliphatic heterocycles. The van der Waals surface area contributed by atoms with E-state index < -0.39 is 0 Å². The van der Waals surface area contributed by atoms with Gasteiger partial charge >= 0.3 is 0 Å². The highest BCUT2D eigenvalue weighted by Gasteiger charge is 2.36. The van der Waals surface area contributed by atoms with Gasteiger partial charge in [-0.05, 0) is 48.3 Å². The summed E-state index contributed by atoms with van der Waals surface area (Å²) in [7, 11) is 0. The molecule has 1 aromatic carbocycles. The van der Waals surface area contributed by atoms with Gasteiger partial charge in [0.15, 0.2) is 0 Å². The minimum absolute atomic E-state index is 0.624. The van der Waals surface area contributed by atoms with Gasteiger partial charge in [-0.15, -0.1) is 0 Å². The van der Waals surface area contributed by atoms with E-state index in [1.807, 2.05) is 0 Å². The lowest BCUT2D eigenvalue weighted by molar-refractivity contribution is 0.0516. The van der Waals surface area contributed by atoms with Crippen LogP contribution in [-0.2, 0) is 0 Å². The van der Waals surface area contributed by atoms with Crippen molar-refractivity contribution in [2.45, 2.75) is 52.5 Å². The molecular weight excluding hydrogens is 268 g/mol. The molecule has 0 aromatic heterocycles. The molecule has 0 spiro atoms. The van der Waals surface area contributed by atoms with Crippen LogP contribution in [0.2, 0.25) is 0 Å². The minimum atomic E-state index is 0.624. The number of piperazine rings is 1. The summed E-state index contributed by atoms with van der Waals surface area (Å²) in [5.41, 5.74) is 2.84. The van der Waals surface area contributed by atoms with E-state index in [1.165, 1.54) is 50.3 Å². The van der Waals surface area contributed by atoms with E-state index in [0.29, 0.717) is 5.92 Å². The molecule has 1 aromatic rings. The molecule has 22 heavy (non-hydrogen) atoms. The largest absolute Gasteiger partial charge is 0.369 e. The maximum Gasteiger partial charge on any atom is 0.0367 e. The number of hydrogen-bond acceptors (Lipinski definition) is 2. The topological polar surface area (TPSA) is 6.48 Å². The van der Waals surface area contributed by atoms with Crippen molar-refractivity contribution >= 4 is 5.69 Å². The normalized spacial score (nSPS) is 26.5. The van der Waals surface area contributed by atoms with Crippen LogP contribution in [0.4, 0.5) is 5.69 Å². The first kappa shape index (κ1) is 15.9. The molecular formula is C20H32N2. The third kappa shape index (κ3) is 3.32. The smallest absolute Gasteiger partial charge is 0.0367 e. The van der Waals surface area contributed by atoms with Crippen molar-refractivity contribution < 1.29 is 0 Å². The van der Waals surface area contributed by atoms with Crippen LogP contribution in [0.15, 0.2) is 24.3 Å². The first-order valence-electron chi connectivity index (χ1n) is 9.13. The van der Waals surface area contributed by atoms with Crippen molar-refractivity contribution in [3.63, 3.8) is 0 Å². The molecule has 1 aliphatic carbocycles.